The Balaban J connectivity index is 2.30. The largest absolute Gasteiger partial charge is 0.478 e. The maximum atomic E-state index is 10.9. The summed E-state index contributed by atoms with van der Waals surface area (Å²) in [5.41, 5.74) is 0.812. The average Bonchev–Trinajstić information content (AvgIpc) is 2.34. The van der Waals surface area contributed by atoms with E-state index in [4.69, 9.17) is 17.3 Å². The molecule has 0 amide bonds. The predicted molar refractivity (Wildman–Crippen MR) is 73.8 cm³/mol. The molecule has 0 saturated heterocycles. The van der Waals surface area contributed by atoms with Gasteiger partial charge in [0.25, 0.3) is 0 Å². The van der Waals surface area contributed by atoms with Crippen molar-refractivity contribution in [2.75, 3.05) is 5.32 Å². The Kier molecular flexibility index (Phi) is 3.73. The number of anilines is 2. The molecule has 1 aromatic heterocycles. The van der Waals surface area contributed by atoms with Crippen LogP contribution in [0, 0.1) is 4.64 Å². The number of aromatic carboxylic acids is 1. The quantitative estimate of drug-likeness (QED) is 0.754. The summed E-state index contributed by atoms with van der Waals surface area (Å²) in [7, 11) is 0. The minimum Gasteiger partial charge on any atom is -0.478 e. The zero-order chi connectivity index (χ0) is 13.1. The van der Waals surface area contributed by atoms with E-state index in [0.29, 0.717) is 5.82 Å². The molecule has 0 unspecified atom stereocenters. The van der Waals surface area contributed by atoms with Gasteiger partial charge < -0.3 is 10.4 Å². The molecule has 92 valence electrons. The maximum absolute atomic E-state index is 10.9. The van der Waals surface area contributed by atoms with Gasteiger partial charge in [0.15, 0.2) is 5.82 Å². The number of nitrogens with one attached hydrogen (secondary N) is 2. The third-order valence-electron chi connectivity index (χ3n) is 2.15. The lowest BCUT2D eigenvalue weighted by atomic mass is 10.3. The lowest BCUT2D eigenvalue weighted by molar-refractivity contribution is 0.0695. The number of aromatic amines is 1. The summed E-state index contributed by atoms with van der Waals surface area (Å²) in [5, 5.41) is 18.3. The molecule has 1 heterocycles. The van der Waals surface area contributed by atoms with E-state index in [1.54, 1.807) is 0 Å². The third-order valence-corrected chi connectivity index (χ3v) is 2.99. The van der Waals surface area contributed by atoms with Gasteiger partial charge in [-0.15, -0.1) is 0 Å². The molecule has 0 fully saturated rings. The summed E-state index contributed by atoms with van der Waals surface area (Å²) in [6.45, 7) is 0. The molecule has 3 N–H and O–H groups in total. The van der Waals surface area contributed by atoms with Crippen LogP contribution < -0.4 is 5.32 Å². The van der Waals surface area contributed by atoms with Crippen LogP contribution in [0.15, 0.2) is 34.8 Å². The van der Waals surface area contributed by atoms with Gasteiger partial charge in [0.2, 0.25) is 0 Å². The molecule has 18 heavy (non-hydrogen) atoms. The number of hydrogen-bond acceptors (Lipinski definition) is 4. The number of carboxylic acids is 1. The van der Waals surface area contributed by atoms with Crippen molar-refractivity contribution in [2.45, 2.75) is 0 Å². The van der Waals surface area contributed by atoms with E-state index >= 15 is 0 Å². The fraction of sp³-hybridized carbons (Fsp3) is 0. The monoisotopic (exact) mass is 325 g/mol. The van der Waals surface area contributed by atoms with Crippen LogP contribution in [-0.4, -0.2) is 21.3 Å². The number of carboxylic acid groups (broad SMARTS) is 1. The van der Waals surface area contributed by atoms with E-state index in [1.165, 1.54) is 6.07 Å². The first-order chi connectivity index (χ1) is 8.56. The van der Waals surface area contributed by atoms with Crippen LogP contribution in [0.3, 0.4) is 0 Å². The summed E-state index contributed by atoms with van der Waals surface area (Å²) in [6, 6.07) is 8.81. The Morgan fingerprint density at radius 1 is 1.39 bits per heavy atom. The van der Waals surface area contributed by atoms with Crippen molar-refractivity contribution >= 4 is 45.6 Å². The summed E-state index contributed by atoms with van der Waals surface area (Å²) in [4.78, 5) is 10.9. The first kappa shape index (κ1) is 12.7. The Morgan fingerprint density at radius 2 is 2.06 bits per heavy atom. The number of rotatable bonds is 3. The Labute approximate surface area is 116 Å². The van der Waals surface area contributed by atoms with Gasteiger partial charge in [-0.2, -0.15) is 5.10 Å². The van der Waals surface area contributed by atoms with Gasteiger partial charge in [-0.25, -0.2) is 4.79 Å². The van der Waals surface area contributed by atoms with E-state index < -0.39 is 5.97 Å². The van der Waals surface area contributed by atoms with Crippen LogP contribution in [0.25, 0.3) is 0 Å². The fourth-order valence-corrected chi connectivity index (χ4v) is 1.77. The number of benzene rings is 1. The summed E-state index contributed by atoms with van der Waals surface area (Å²) >= 11 is 8.17. The summed E-state index contributed by atoms with van der Waals surface area (Å²) in [5.74, 6) is -0.694. The van der Waals surface area contributed by atoms with Crippen LogP contribution in [0.1, 0.15) is 10.4 Å². The van der Waals surface area contributed by atoms with E-state index in [-0.39, 0.29) is 10.2 Å². The molecule has 0 bridgehead atoms. The zero-order valence-corrected chi connectivity index (χ0v) is 11.4. The molecule has 0 atom stereocenters. The predicted octanol–water partition coefficient (Wildman–Crippen LogP) is 3.34. The van der Waals surface area contributed by atoms with Gasteiger partial charge >= 0.3 is 5.97 Å². The standard InChI is InChI=1S/C11H8BrN3O2S/c12-6-1-3-7(4-2-6)13-9-5-8(11(16)17)10(18)15-14-9/h1-5H,(H,13,14)(H,15,18)(H,16,17). The van der Waals surface area contributed by atoms with Crippen LogP contribution >= 0.6 is 28.1 Å². The highest BCUT2D eigenvalue weighted by atomic mass is 79.9. The SMILES string of the molecule is O=C(O)c1cc(Nc2ccc(Br)cc2)n[nH]c1=S. The zero-order valence-electron chi connectivity index (χ0n) is 8.98. The molecule has 2 aromatic rings. The molecule has 7 heteroatoms. The molecule has 2 rings (SSSR count). The molecule has 0 saturated carbocycles. The van der Waals surface area contributed by atoms with Crippen LogP contribution in [0.4, 0.5) is 11.5 Å². The van der Waals surface area contributed by atoms with E-state index in [2.05, 4.69) is 31.4 Å². The van der Waals surface area contributed by atoms with Crippen molar-refractivity contribution in [3.63, 3.8) is 0 Å². The first-order valence-corrected chi connectivity index (χ1v) is 6.12. The number of nitrogens with zero attached hydrogens (tertiary/aromatic N) is 1. The summed E-state index contributed by atoms with van der Waals surface area (Å²) in [6.07, 6.45) is 0. The molecule has 0 aliphatic rings. The van der Waals surface area contributed by atoms with Crippen molar-refractivity contribution in [3.8, 4) is 0 Å². The Hall–Kier alpha value is -1.73. The Morgan fingerprint density at radius 3 is 2.67 bits per heavy atom. The smallest absolute Gasteiger partial charge is 0.338 e. The number of aromatic nitrogens is 2. The van der Waals surface area contributed by atoms with Crippen LogP contribution in [0.2, 0.25) is 0 Å². The first-order valence-electron chi connectivity index (χ1n) is 4.92. The van der Waals surface area contributed by atoms with Gasteiger partial charge in [-0.05, 0) is 24.3 Å². The lowest BCUT2D eigenvalue weighted by Gasteiger charge is -2.06. The number of halogens is 1. The van der Waals surface area contributed by atoms with Crippen molar-refractivity contribution in [1.29, 1.82) is 0 Å². The van der Waals surface area contributed by atoms with Gasteiger partial charge in [0, 0.05) is 16.2 Å². The normalized spacial score (nSPS) is 10.1. The van der Waals surface area contributed by atoms with Gasteiger partial charge in [-0.1, -0.05) is 28.1 Å². The van der Waals surface area contributed by atoms with Gasteiger partial charge in [-0.3, -0.25) is 5.10 Å². The maximum Gasteiger partial charge on any atom is 0.338 e. The van der Waals surface area contributed by atoms with Crippen molar-refractivity contribution < 1.29 is 9.90 Å². The fourth-order valence-electron chi connectivity index (χ4n) is 1.31. The molecule has 5 nitrogen and oxygen atoms in total. The van der Waals surface area contributed by atoms with Gasteiger partial charge in [0.1, 0.15) is 4.64 Å². The Bertz CT molecular complexity index is 639. The molecule has 0 spiro atoms. The minimum atomic E-state index is -1.09. The van der Waals surface area contributed by atoms with E-state index in [9.17, 15) is 4.79 Å². The van der Waals surface area contributed by atoms with Crippen molar-refractivity contribution in [2.24, 2.45) is 0 Å². The molecular formula is C11H8BrN3O2S. The van der Waals surface area contributed by atoms with Crippen LogP contribution in [0.5, 0.6) is 0 Å². The van der Waals surface area contributed by atoms with Crippen LogP contribution in [-0.2, 0) is 0 Å². The number of hydrogen-bond donors (Lipinski definition) is 3. The second kappa shape index (κ2) is 5.28. The van der Waals surface area contributed by atoms with Crippen molar-refractivity contribution in [1.82, 2.24) is 10.2 Å². The highest BCUT2D eigenvalue weighted by molar-refractivity contribution is 9.10. The molecular weight excluding hydrogens is 318 g/mol. The highest BCUT2D eigenvalue weighted by Crippen LogP contribution is 2.18. The minimum absolute atomic E-state index is 0.0135. The molecule has 0 aliphatic heterocycles. The van der Waals surface area contributed by atoms with E-state index in [1.807, 2.05) is 24.3 Å². The third kappa shape index (κ3) is 2.93. The molecule has 1 aromatic carbocycles. The molecule has 0 aliphatic carbocycles. The number of carbonyl (C=O) groups is 1. The van der Waals surface area contributed by atoms with Gasteiger partial charge in [0.05, 0.1) is 5.56 Å². The second-order valence-electron chi connectivity index (χ2n) is 3.43. The molecule has 0 radical (unpaired) electrons. The van der Waals surface area contributed by atoms with E-state index in [0.717, 1.165) is 10.2 Å². The summed E-state index contributed by atoms with van der Waals surface area (Å²) < 4.78 is 1.06. The average molecular weight is 326 g/mol. The topological polar surface area (TPSA) is 78.0 Å². The number of H-pyrrole nitrogens is 1. The second-order valence-corrected chi connectivity index (χ2v) is 4.76. The lowest BCUT2D eigenvalue weighted by Crippen LogP contribution is -2.03. The highest BCUT2D eigenvalue weighted by Gasteiger charge is 2.07. The van der Waals surface area contributed by atoms with Crippen molar-refractivity contribution in [3.05, 3.63) is 45.0 Å².